The number of hydrogen-bond donors (Lipinski definition) is 6. The van der Waals surface area contributed by atoms with E-state index in [1.165, 1.54) is 83.5 Å². The number of nitrogens with one attached hydrogen (secondary N) is 1. The highest BCUT2D eigenvalue weighted by Gasteiger charge is 2.44. The third-order valence-electron chi connectivity index (χ3n) is 12.5. The van der Waals surface area contributed by atoms with Crippen LogP contribution < -0.4 is 5.32 Å². The third-order valence-corrected chi connectivity index (χ3v) is 12.5. The molecule has 0 bridgehead atoms. The maximum absolute atomic E-state index is 13.0. The standard InChI is InChI=1S/C62H103NO8/c1-3-5-7-9-11-13-15-17-18-19-20-21-22-23-24-25-26-27-28-29-30-31-32-33-34-35-36-37-38-40-42-44-46-48-50-52-58(66)63-55(54-70-62-61(69)60(68)59(67)57(53-64)71-62)56(65)51-49-47-45-43-41-39-16-14-12-10-8-6-4-2/h5,7,11,13,17-18,20-21,23-24,26-27,29-30,32-33,41,43,49,51,55-57,59-62,64-65,67-69H,3-4,6,8-10,12,14-16,19,22,25,28,31,34-40,42,44-48,50,52-54H2,1-2H3,(H,63,66)/b7-5-,13-11-,18-17-,21-20-,24-23-,27-26-,30-29-,33-32-,43-41+,51-49+. The fourth-order valence-corrected chi connectivity index (χ4v) is 8.07. The summed E-state index contributed by atoms with van der Waals surface area (Å²) < 4.78 is 11.2. The zero-order valence-electron chi connectivity index (χ0n) is 44.7. The van der Waals surface area contributed by atoms with Gasteiger partial charge in [-0.15, -0.1) is 0 Å². The number of allylic oxidation sites excluding steroid dienone is 19. The minimum atomic E-state index is -1.58. The van der Waals surface area contributed by atoms with Gasteiger partial charge in [-0.1, -0.05) is 225 Å². The van der Waals surface area contributed by atoms with Crippen LogP contribution in [0.2, 0.25) is 0 Å². The summed E-state index contributed by atoms with van der Waals surface area (Å²) in [5.41, 5.74) is 0. The van der Waals surface area contributed by atoms with Crippen LogP contribution in [0.1, 0.15) is 206 Å². The highest BCUT2D eigenvalue weighted by Crippen LogP contribution is 2.22. The Hall–Kier alpha value is -3.41. The smallest absolute Gasteiger partial charge is 0.220 e. The number of ether oxygens (including phenoxy) is 2. The monoisotopic (exact) mass is 990 g/mol. The van der Waals surface area contributed by atoms with Gasteiger partial charge >= 0.3 is 0 Å². The molecule has 0 aromatic rings. The van der Waals surface area contributed by atoms with Gasteiger partial charge in [-0.25, -0.2) is 0 Å². The maximum Gasteiger partial charge on any atom is 0.220 e. The van der Waals surface area contributed by atoms with Crippen molar-refractivity contribution in [3.8, 4) is 0 Å². The van der Waals surface area contributed by atoms with E-state index in [9.17, 15) is 30.3 Å². The lowest BCUT2D eigenvalue weighted by Crippen LogP contribution is -2.60. The molecule has 1 rings (SSSR count). The van der Waals surface area contributed by atoms with Crippen molar-refractivity contribution in [2.75, 3.05) is 13.2 Å². The molecule has 1 heterocycles. The second kappa shape index (κ2) is 50.1. The van der Waals surface area contributed by atoms with Gasteiger partial charge < -0.3 is 40.3 Å². The molecule has 0 radical (unpaired) electrons. The van der Waals surface area contributed by atoms with Gasteiger partial charge in [0, 0.05) is 6.42 Å². The quantitative estimate of drug-likeness (QED) is 0.0261. The Bertz CT molecular complexity index is 1520. The van der Waals surface area contributed by atoms with Gasteiger partial charge in [-0.3, -0.25) is 4.79 Å². The predicted molar refractivity (Wildman–Crippen MR) is 299 cm³/mol. The number of aliphatic hydroxyl groups is 5. The molecule has 0 spiro atoms. The van der Waals surface area contributed by atoms with Crippen LogP contribution in [-0.2, 0) is 14.3 Å². The number of unbranched alkanes of at least 4 members (excludes halogenated alkanes) is 18. The van der Waals surface area contributed by atoms with E-state index >= 15 is 0 Å². The van der Waals surface area contributed by atoms with Crippen LogP contribution in [0.5, 0.6) is 0 Å². The Morgan fingerprint density at radius 3 is 1.35 bits per heavy atom. The van der Waals surface area contributed by atoms with Crippen molar-refractivity contribution in [2.45, 2.75) is 249 Å². The molecule has 1 amide bonds. The normalized spacial score (nSPS) is 20.2. The van der Waals surface area contributed by atoms with Crippen LogP contribution >= 0.6 is 0 Å². The summed E-state index contributed by atoms with van der Waals surface area (Å²) in [7, 11) is 0. The molecule has 9 nitrogen and oxygen atoms in total. The fraction of sp³-hybridized carbons (Fsp3) is 0.661. The van der Waals surface area contributed by atoms with Gasteiger partial charge in [-0.2, -0.15) is 0 Å². The fourth-order valence-electron chi connectivity index (χ4n) is 8.07. The molecule has 0 aromatic carbocycles. The largest absolute Gasteiger partial charge is 0.394 e. The molecule has 71 heavy (non-hydrogen) atoms. The van der Waals surface area contributed by atoms with E-state index < -0.39 is 49.5 Å². The molecule has 1 aliphatic rings. The molecular formula is C62H103NO8. The number of amides is 1. The van der Waals surface area contributed by atoms with Crippen molar-refractivity contribution >= 4 is 5.91 Å². The molecular weight excluding hydrogens is 887 g/mol. The Morgan fingerprint density at radius 1 is 0.493 bits per heavy atom. The summed E-state index contributed by atoms with van der Waals surface area (Å²) in [4.78, 5) is 13.0. The van der Waals surface area contributed by atoms with E-state index in [0.29, 0.717) is 6.42 Å². The Labute approximate surface area is 433 Å². The highest BCUT2D eigenvalue weighted by molar-refractivity contribution is 5.76. The van der Waals surface area contributed by atoms with Crippen molar-refractivity contribution in [3.05, 3.63) is 122 Å². The molecule has 1 aliphatic heterocycles. The number of hydrogen-bond acceptors (Lipinski definition) is 8. The van der Waals surface area contributed by atoms with Gasteiger partial charge in [0.25, 0.3) is 0 Å². The van der Waals surface area contributed by atoms with Crippen LogP contribution in [0.25, 0.3) is 0 Å². The molecule has 9 heteroatoms. The first kappa shape index (κ1) is 65.6. The molecule has 0 aromatic heterocycles. The average Bonchev–Trinajstić information content (AvgIpc) is 3.37. The predicted octanol–water partition coefficient (Wildman–Crippen LogP) is 14.0. The third kappa shape index (κ3) is 39.8. The summed E-state index contributed by atoms with van der Waals surface area (Å²) in [6, 6.07) is -0.831. The first-order valence-corrected chi connectivity index (χ1v) is 28.3. The lowest BCUT2D eigenvalue weighted by atomic mass is 9.99. The average molecular weight is 991 g/mol. The van der Waals surface area contributed by atoms with Crippen molar-refractivity contribution in [1.29, 1.82) is 0 Å². The van der Waals surface area contributed by atoms with Crippen LogP contribution in [0, 0.1) is 0 Å². The van der Waals surface area contributed by atoms with Gasteiger partial charge in [-0.05, 0) is 96.3 Å². The second-order valence-corrected chi connectivity index (χ2v) is 19.0. The lowest BCUT2D eigenvalue weighted by Gasteiger charge is -2.40. The molecule has 6 N–H and O–H groups in total. The van der Waals surface area contributed by atoms with Crippen molar-refractivity contribution in [2.24, 2.45) is 0 Å². The highest BCUT2D eigenvalue weighted by atomic mass is 16.7. The summed E-state index contributed by atoms with van der Waals surface area (Å²) in [5.74, 6) is -0.198. The molecule has 404 valence electrons. The van der Waals surface area contributed by atoms with Crippen LogP contribution in [0.15, 0.2) is 122 Å². The topological polar surface area (TPSA) is 149 Å². The van der Waals surface area contributed by atoms with Crippen molar-refractivity contribution in [3.63, 3.8) is 0 Å². The molecule has 1 fully saturated rings. The Kier molecular flexibility index (Phi) is 46.3. The first-order valence-electron chi connectivity index (χ1n) is 28.3. The SMILES string of the molecule is CC/C=C\C/C=C\C/C=C\C/C=C\C/C=C\C/C=C\C/C=C\C/C=C\CCCCCCCCCCCCC(=O)NC(COC1OC(CO)C(O)C(O)C1O)C(O)/C=C/CC/C=C/CCCCCCCCC. The Balaban J connectivity index is 2.19. The second-order valence-electron chi connectivity index (χ2n) is 19.0. The number of carbonyl (C=O) groups is 1. The number of carbonyl (C=O) groups excluding carboxylic acids is 1. The van der Waals surface area contributed by atoms with E-state index in [0.717, 1.165) is 103 Å². The molecule has 1 saturated heterocycles. The van der Waals surface area contributed by atoms with E-state index in [1.807, 2.05) is 6.08 Å². The molecule has 7 atom stereocenters. The Morgan fingerprint density at radius 2 is 0.887 bits per heavy atom. The van der Waals surface area contributed by atoms with Crippen molar-refractivity contribution in [1.82, 2.24) is 5.32 Å². The maximum atomic E-state index is 13.0. The zero-order chi connectivity index (χ0) is 51.5. The van der Waals surface area contributed by atoms with Crippen LogP contribution in [0.3, 0.4) is 0 Å². The van der Waals surface area contributed by atoms with Gasteiger partial charge in [0.2, 0.25) is 5.91 Å². The van der Waals surface area contributed by atoms with Crippen molar-refractivity contribution < 1.29 is 39.8 Å². The van der Waals surface area contributed by atoms with E-state index in [4.69, 9.17) is 9.47 Å². The van der Waals surface area contributed by atoms with E-state index in [-0.39, 0.29) is 12.5 Å². The lowest BCUT2D eigenvalue weighted by molar-refractivity contribution is -0.302. The van der Waals surface area contributed by atoms with Gasteiger partial charge in [0.15, 0.2) is 6.29 Å². The van der Waals surface area contributed by atoms with Crippen LogP contribution in [0.4, 0.5) is 0 Å². The zero-order valence-corrected chi connectivity index (χ0v) is 44.7. The summed E-state index contributed by atoms with van der Waals surface area (Å²) >= 11 is 0. The summed E-state index contributed by atoms with van der Waals surface area (Å²) in [6.45, 7) is 3.62. The summed E-state index contributed by atoms with van der Waals surface area (Å²) in [5, 5.41) is 54.3. The van der Waals surface area contributed by atoms with E-state index in [1.54, 1.807) is 6.08 Å². The molecule has 0 saturated carbocycles. The van der Waals surface area contributed by atoms with Gasteiger partial charge in [0.05, 0.1) is 25.4 Å². The van der Waals surface area contributed by atoms with E-state index in [2.05, 4.69) is 129 Å². The summed E-state index contributed by atoms with van der Waals surface area (Å²) in [6.07, 6.45) is 68.3. The minimum Gasteiger partial charge on any atom is -0.394 e. The van der Waals surface area contributed by atoms with Crippen LogP contribution in [-0.4, -0.2) is 87.5 Å². The first-order chi connectivity index (χ1) is 34.8. The van der Waals surface area contributed by atoms with Gasteiger partial charge in [0.1, 0.15) is 24.4 Å². The number of rotatable bonds is 46. The molecule has 7 unspecified atom stereocenters. The number of aliphatic hydroxyl groups excluding tert-OH is 5. The molecule has 0 aliphatic carbocycles. The minimum absolute atomic E-state index is 0.198.